The molecule has 12 heavy (non-hydrogen) atoms. The van der Waals surface area contributed by atoms with Crippen molar-refractivity contribution in [3.05, 3.63) is 35.9 Å². The predicted octanol–water partition coefficient (Wildman–Crippen LogP) is 4.53. The molecule has 0 aromatic heterocycles. The number of halogens is 1. The highest BCUT2D eigenvalue weighted by atomic mass is 35.5. The minimum absolute atomic E-state index is 0.419. The Kier molecular flexibility index (Phi) is 10.1. The van der Waals surface area contributed by atoms with E-state index >= 15 is 0 Å². The van der Waals surface area contributed by atoms with Crippen LogP contribution >= 0.6 is 11.6 Å². The third-order valence-corrected chi connectivity index (χ3v) is 1.45. The second-order valence-corrected chi connectivity index (χ2v) is 2.87. The SMILES string of the molecule is C=C/C=C(\C(=C)Cl)C(C)C.CC. The Hall–Kier alpha value is -0.490. The Bertz CT molecular complexity index is 164. The molecule has 0 radical (unpaired) electrons. The lowest BCUT2D eigenvalue weighted by atomic mass is 10.0. The molecular formula is C11H19Cl. The molecule has 0 unspecified atom stereocenters. The first-order valence-corrected chi connectivity index (χ1v) is 4.64. The Balaban J connectivity index is 0. The second kappa shape index (κ2) is 8.61. The lowest BCUT2D eigenvalue weighted by molar-refractivity contribution is 0.788. The van der Waals surface area contributed by atoms with E-state index in [0.29, 0.717) is 11.0 Å². The molecule has 0 aliphatic rings. The fourth-order valence-electron chi connectivity index (χ4n) is 0.723. The summed E-state index contributed by atoms with van der Waals surface area (Å²) in [6.07, 6.45) is 3.61. The van der Waals surface area contributed by atoms with Crippen LogP contribution in [0.25, 0.3) is 0 Å². The van der Waals surface area contributed by atoms with Gasteiger partial charge in [-0.1, -0.05) is 64.6 Å². The van der Waals surface area contributed by atoms with Crippen LogP contribution in [0.5, 0.6) is 0 Å². The monoisotopic (exact) mass is 186 g/mol. The zero-order valence-corrected chi connectivity index (χ0v) is 9.28. The molecule has 0 aliphatic heterocycles. The highest BCUT2D eigenvalue weighted by Gasteiger charge is 2.02. The van der Waals surface area contributed by atoms with Crippen LogP contribution in [0, 0.1) is 5.92 Å². The largest absolute Gasteiger partial charge is 0.0991 e. The molecule has 0 aromatic rings. The summed E-state index contributed by atoms with van der Waals surface area (Å²) >= 11 is 5.71. The minimum atomic E-state index is 0.419. The normalized spacial score (nSPS) is 10.3. The smallest absolute Gasteiger partial charge is 0.0368 e. The lowest BCUT2D eigenvalue weighted by Gasteiger charge is -2.07. The van der Waals surface area contributed by atoms with Crippen molar-refractivity contribution in [3.63, 3.8) is 0 Å². The first kappa shape index (κ1) is 14.1. The van der Waals surface area contributed by atoms with Crippen LogP contribution in [0.15, 0.2) is 35.9 Å². The first-order valence-electron chi connectivity index (χ1n) is 4.27. The van der Waals surface area contributed by atoms with E-state index in [1.54, 1.807) is 6.08 Å². The number of rotatable bonds is 3. The maximum absolute atomic E-state index is 5.71. The maximum atomic E-state index is 5.71. The van der Waals surface area contributed by atoms with E-state index in [1.165, 1.54) is 0 Å². The second-order valence-electron chi connectivity index (χ2n) is 2.42. The van der Waals surface area contributed by atoms with Crippen molar-refractivity contribution >= 4 is 11.6 Å². The highest BCUT2D eigenvalue weighted by Crippen LogP contribution is 2.20. The molecule has 0 atom stereocenters. The van der Waals surface area contributed by atoms with Crippen LogP contribution in [-0.2, 0) is 0 Å². The van der Waals surface area contributed by atoms with Crippen LogP contribution in [0.3, 0.4) is 0 Å². The van der Waals surface area contributed by atoms with E-state index in [-0.39, 0.29) is 0 Å². The zero-order valence-electron chi connectivity index (χ0n) is 8.52. The van der Waals surface area contributed by atoms with Crippen molar-refractivity contribution in [2.24, 2.45) is 5.92 Å². The van der Waals surface area contributed by atoms with Crippen molar-refractivity contribution in [2.75, 3.05) is 0 Å². The van der Waals surface area contributed by atoms with Gasteiger partial charge in [-0.05, 0) is 11.5 Å². The van der Waals surface area contributed by atoms with Crippen molar-refractivity contribution in [3.8, 4) is 0 Å². The van der Waals surface area contributed by atoms with Crippen LogP contribution in [0.4, 0.5) is 0 Å². The van der Waals surface area contributed by atoms with E-state index in [2.05, 4.69) is 27.0 Å². The van der Waals surface area contributed by atoms with Crippen LogP contribution in [0.1, 0.15) is 27.7 Å². The lowest BCUT2D eigenvalue weighted by Crippen LogP contribution is -1.92. The van der Waals surface area contributed by atoms with Crippen molar-refractivity contribution in [1.82, 2.24) is 0 Å². The molecule has 0 saturated heterocycles. The highest BCUT2D eigenvalue weighted by molar-refractivity contribution is 6.31. The summed E-state index contributed by atoms with van der Waals surface area (Å²) < 4.78 is 0. The van der Waals surface area contributed by atoms with Gasteiger partial charge >= 0.3 is 0 Å². The molecule has 0 rings (SSSR count). The molecule has 0 bridgehead atoms. The molecule has 0 amide bonds. The average Bonchev–Trinajstić information content (AvgIpc) is 2.03. The van der Waals surface area contributed by atoms with Crippen molar-refractivity contribution in [1.29, 1.82) is 0 Å². The molecule has 0 aliphatic carbocycles. The van der Waals surface area contributed by atoms with Gasteiger partial charge in [-0.25, -0.2) is 0 Å². The summed E-state index contributed by atoms with van der Waals surface area (Å²) in [6, 6.07) is 0. The summed E-state index contributed by atoms with van der Waals surface area (Å²) in [5, 5.41) is 0.606. The summed E-state index contributed by atoms with van der Waals surface area (Å²) in [5.41, 5.74) is 1.05. The number of allylic oxidation sites excluding steroid dienone is 4. The quantitative estimate of drug-likeness (QED) is 0.568. The van der Waals surface area contributed by atoms with Gasteiger partial charge in [0.1, 0.15) is 0 Å². The number of hydrogen-bond acceptors (Lipinski definition) is 0. The Morgan fingerprint density at radius 3 is 1.83 bits per heavy atom. The van der Waals surface area contributed by atoms with E-state index in [9.17, 15) is 0 Å². The number of hydrogen-bond donors (Lipinski definition) is 0. The van der Waals surface area contributed by atoms with Crippen molar-refractivity contribution < 1.29 is 0 Å². The Morgan fingerprint density at radius 2 is 1.75 bits per heavy atom. The fraction of sp³-hybridized carbons (Fsp3) is 0.455. The fourth-order valence-corrected chi connectivity index (χ4v) is 1.00. The summed E-state index contributed by atoms with van der Waals surface area (Å²) in [7, 11) is 0. The van der Waals surface area contributed by atoms with Gasteiger partial charge in [0.05, 0.1) is 0 Å². The summed E-state index contributed by atoms with van der Waals surface area (Å²) in [4.78, 5) is 0. The van der Waals surface area contributed by atoms with Gasteiger partial charge in [0.15, 0.2) is 0 Å². The van der Waals surface area contributed by atoms with Gasteiger partial charge in [-0.15, -0.1) is 0 Å². The molecule has 0 fully saturated rings. The van der Waals surface area contributed by atoms with Gasteiger partial charge in [0.2, 0.25) is 0 Å². The molecule has 1 heteroatoms. The van der Waals surface area contributed by atoms with E-state index in [4.69, 9.17) is 11.6 Å². The van der Waals surface area contributed by atoms with E-state index in [1.807, 2.05) is 19.9 Å². The molecule has 0 saturated carbocycles. The van der Waals surface area contributed by atoms with Gasteiger partial charge < -0.3 is 0 Å². The molecule has 0 spiro atoms. The third kappa shape index (κ3) is 6.23. The summed E-state index contributed by atoms with van der Waals surface area (Å²) in [5.74, 6) is 0.419. The van der Waals surface area contributed by atoms with Gasteiger partial charge in [-0.2, -0.15) is 0 Å². The van der Waals surface area contributed by atoms with E-state index in [0.717, 1.165) is 5.57 Å². The molecule has 0 nitrogen and oxygen atoms in total. The Labute approximate surface area is 81.6 Å². The average molecular weight is 187 g/mol. The Morgan fingerprint density at radius 1 is 1.33 bits per heavy atom. The maximum Gasteiger partial charge on any atom is 0.0368 e. The van der Waals surface area contributed by atoms with E-state index < -0.39 is 0 Å². The molecule has 70 valence electrons. The van der Waals surface area contributed by atoms with Gasteiger partial charge in [0, 0.05) is 5.03 Å². The van der Waals surface area contributed by atoms with Gasteiger partial charge in [0.25, 0.3) is 0 Å². The van der Waals surface area contributed by atoms with Crippen LogP contribution in [0.2, 0.25) is 0 Å². The van der Waals surface area contributed by atoms with Crippen molar-refractivity contribution in [2.45, 2.75) is 27.7 Å². The standard InChI is InChI=1S/C9H13Cl.C2H6/c1-5-6-9(7(2)3)8(4)10;1-2/h5-7H,1,4H2,2-3H3;1-2H3/b9-6-;. The molecule has 0 heterocycles. The minimum Gasteiger partial charge on any atom is -0.0991 e. The molecule has 0 aromatic carbocycles. The molecular weight excluding hydrogens is 168 g/mol. The zero-order chi connectivity index (χ0) is 10.1. The molecule has 0 N–H and O–H groups in total. The van der Waals surface area contributed by atoms with Gasteiger partial charge in [-0.3, -0.25) is 0 Å². The third-order valence-electron chi connectivity index (χ3n) is 1.23. The van der Waals surface area contributed by atoms with Crippen LogP contribution in [-0.4, -0.2) is 0 Å². The topological polar surface area (TPSA) is 0 Å². The summed E-state index contributed by atoms with van der Waals surface area (Å²) in [6.45, 7) is 15.4. The predicted molar refractivity (Wildman–Crippen MR) is 59.5 cm³/mol. The van der Waals surface area contributed by atoms with Crippen LogP contribution < -0.4 is 0 Å². The first-order chi connectivity index (χ1) is 5.59.